The van der Waals surface area contributed by atoms with Crippen LogP contribution in [0.2, 0.25) is 0 Å². The number of fused-ring (bicyclic) bond motifs is 1. The molecule has 5 heteroatoms. The molecule has 1 atom stereocenters. The highest BCUT2D eigenvalue weighted by Crippen LogP contribution is 2.30. The summed E-state index contributed by atoms with van der Waals surface area (Å²) in [7, 11) is 0. The first-order valence-corrected chi connectivity index (χ1v) is 4.33. The van der Waals surface area contributed by atoms with Crippen molar-refractivity contribution in [2.24, 2.45) is 5.90 Å². The van der Waals surface area contributed by atoms with E-state index in [0.717, 1.165) is 0 Å². The van der Waals surface area contributed by atoms with E-state index in [1.54, 1.807) is 24.3 Å². The third kappa shape index (κ3) is 1.25. The molecule has 0 radical (unpaired) electrons. The highest BCUT2D eigenvalue weighted by molar-refractivity contribution is 6.19. The lowest BCUT2D eigenvalue weighted by Crippen LogP contribution is -2.53. The standard InChI is InChI=1S/C10H9NO4/c1-10(15-11)8(12)6-4-2-3-5-7(6)14-9(10)13/h2-5H,11H2,1H3. The number of hydrogen-bond acceptors (Lipinski definition) is 5. The number of benzene rings is 1. The third-order valence-electron chi connectivity index (χ3n) is 2.39. The average molecular weight is 207 g/mol. The predicted octanol–water partition coefficient (Wildman–Crippen LogP) is 0.437. The maximum absolute atomic E-state index is 11.9. The lowest BCUT2D eigenvalue weighted by molar-refractivity contribution is -0.156. The molecule has 0 spiro atoms. The van der Waals surface area contributed by atoms with Crippen LogP contribution in [-0.2, 0) is 9.63 Å². The maximum atomic E-state index is 11.9. The van der Waals surface area contributed by atoms with E-state index in [-0.39, 0.29) is 5.75 Å². The van der Waals surface area contributed by atoms with Crippen LogP contribution in [0.5, 0.6) is 5.75 Å². The Morgan fingerprint density at radius 1 is 1.33 bits per heavy atom. The molecule has 1 aromatic carbocycles. The number of ether oxygens (including phenoxy) is 1. The average Bonchev–Trinajstić information content (AvgIpc) is 2.26. The van der Waals surface area contributed by atoms with Gasteiger partial charge < -0.3 is 4.74 Å². The van der Waals surface area contributed by atoms with Crippen molar-refractivity contribution in [3.63, 3.8) is 0 Å². The van der Waals surface area contributed by atoms with Gasteiger partial charge in [-0.25, -0.2) is 10.7 Å². The molecule has 2 N–H and O–H groups in total. The van der Waals surface area contributed by atoms with E-state index in [0.29, 0.717) is 5.56 Å². The van der Waals surface area contributed by atoms with E-state index in [9.17, 15) is 9.59 Å². The second-order valence-corrected chi connectivity index (χ2v) is 3.37. The van der Waals surface area contributed by atoms with Gasteiger partial charge in [0.2, 0.25) is 11.4 Å². The number of ketones is 1. The highest BCUT2D eigenvalue weighted by atomic mass is 16.7. The summed E-state index contributed by atoms with van der Waals surface area (Å²) >= 11 is 0. The maximum Gasteiger partial charge on any atom is 0.353 e. The molecular weight excluding hydrogens is 198 g/mol. The molecule has 15 heavy (non-hydrogen) atoms. The molecule has 78 valence electrons. The number of nitrogens with two attached hydrogens (primary N) is 1. The molecule has 0 bridgehead atoms. The van der Waals surface area contributed by atoms with Gasteiger partial charge in [0.1, 0.15) is 5.75 Å². The molecule has 0 aromatic heterocycles. The second kappa shape index (κ2) is 3.15. The van der Waals surface area contributed by atoms with Crippen LogP contribution < -0.4 is 10.6 Å². The Morgan fingerprint density at radius 2 is 2.00 bits per heavy atom. The summed E-state index contributed by atoms with van der Waals surface area (Å²) in [5.74, 6) is 3.91. The summed E-state index contributed by atoms with van der Waals surface area (Å²) in [4.78, 5) is 27.8. The Bertz CT molecular complexity index is 443. The normalized spacial score (nSPS) is 24.7. The smallest absolute Gasteiger partial charge is 0.353 e. The molecular formula is C10H9NO4. The van der Waals surface area contributed by atoms with Gasteiger partial charge in [-0.2, -0.15) is 0 Å². The first-order chi connectivity index (χ1) is 7.09. The monoisotopic (exact) mass is 207 g/mol. The van der Waals surface area contributed by atoms with Crippen LogP contribution in [0.25, 0.3) is 0 Å². The highest BCUT2D eigenvalue weighted by Gasteiger charge is 2.49. The molecule has 0 fully saturated rings. The number of carbonyl (C=O) groups excluding carboxylic acids is 2. The first-order valence-electron chi connectivity index (χ1n) is 4.33. The summed E-state index contributed by atoms with van der Waals surface area (Å²) in [6, 6.07) is 6.45. The van der Waals surface area contributed by atoms with Crippen molar-refractivity contribution in [1.29, 1.82) is 0 Å². The van der Waals surface area contributed by atoms with Crippen LogP contribution >= 0.6 is 0 Å². The van der Waals surface area contributed by atoms with Crippen LogP contribution in [0, 0.1) is 0 Å². The molecule has 0 aliphatic carbocycles. The van der Waals surface area contributed by atoms with Gasteiger partial charge in [0.15, 0.2) is 0 Å². The predicted molar refractivity (Wildman–Crippen MR) is 50.1 cm³/mol. The lowest BCUT2D eigenvalue weighted by atomic mass is 9.92. The van der Waals surface area contributed by atoms with E-state index in [1.807, 2.05) is 0 Å². The molecule has 2 rings (SSSR count). The van der Waals surface area contributed by atoms with Crippen molar-refractivity contribution in [3.05, 3.63) is 29.8 Å². The van der Waals surface area contributed by atoms with Gasteiger partial charge in [-0.1, -0.05) is 12.1 Å². The first kappa shape index (κ1) is 9.82. The Kier molecular flexibility index (Phi) is 2.06. The number of carbonyl (C=O) groups is 2. The van der Waals surface area contributed by atoms with Crippen LogP contribution in [0.4, 0.5) is 0 Å². The molecule has 1 unspecified atom stereocenters. The van der Waals surface area contributed by atoms with Gasteiger partial charge >= 0.3 is 5.97 Å². The van der Waals surface area contributed by atoms with Crippen molar-refractivity contribution < 1.29 is 19.2 Å². The Balaban J connectivity index is 2.57. The minimum atomic E-state index is -1.74. The summed E-state index contributed by atoms with van der Waals surface area (Å²) in [6.45, 7) is 1.29. The molecule has 1 aliphatic heterocycles. The minimum absolute atomic E-state index is 0.238. The van der Waals surface area contributed by atoms with Gasteiger partial charge in [-0.15, -0.1) is 0 Å². The molecule has 0 saturated carbocycles. The number of Topliss-reactive ketones (excluding diaryl/α,β-unsaturated/α-hetero) is 1. The Morgan fingerprint density at radius 3 is 2.67 bits per heavy atom. The van der Waals surface area contributed by atoms with Gasteiger partial charge in [-0.3, -0.25) is 9.63 Å². The van der Waals surface area contributed by atoms with Crippen molar-refractivity contribution in [1.82, 2.24) is 0 Å². The van der Waals surface area contributed by atoms with E-state index in [4.69, 9.17) is 10.6 Å². The zero-order valence-electron chi connectivity index (χ0n) is 8.02. The number of esters is 1. The van der Waals surface area contributed by atoms with Gasteiger partial charge in [0.05, 0.1) is 5.56 Å². The largest absolute Gasteiger partial charge is 0.423 e. The molecule has 0 saturated heterocycles. The van der Waals surface area contributed by atoms with Crippen LogP contribution in [0.15, 0.2) is 24.3 Å². The minimum Gasteiger partial charge on any atom is -0.423 e. The summed E-state index contributed by atoms with van der Waals surface area (Å²) in [5, 5.41) is 0. The van der Waals surface area contributed by atoms with Crippen LogP contribution in [-0.4, -0.2) is 17.4 Å². The molecule has 0 amide bonds. The van der Waals surface area contributed by atoms with Gasteiger partial charge in [0, 0.05) is 0 Å². The second-order valence-electron chi connectivity index (χ2n) is 3.37. The van der Waals surface area contributed by atoms with Crippen molar-refractivity contribution in [3.8, 4) is 5.75 Å². The van der Waals surface area contributed by atoms with Crippen LogP contribution in [0.3, 0.4) is 0 Å². The lowest BCUT2D eigenvalue weighted by Gasteiger charge is -2.28. The Labute approximate surface area is 85.7 Å². The fraction of sp³-hybridized carbons (Fsp3) is 0.200. The van der Waals surface area contributed by atoms with Gasteiger partial charge in [-0.05, 0) is 19.1 Å². The van der Waals surface area contributed by atoms with E-state index in [2.05, 4.69) is 4.84 Å². The number of rotatable bonds is 1. The summed E-state index contributed by atoms with van der Waals surface area (Å²) < 4.78 is 4.94. The molecule has 1 aliphatic rings. The Hall–Kier alpha value is -1.72. The van der Waals surface area contributed by atoms with Crippen molar-refractivity contribution in [2.75, 3.05) is 0 Å². The van der Waals surface area contributed by atoms with E-state index >= 15 is 0 Å². The quantitative estimate of drug-likeness (QED) is 0.313. The SMILES string of the molecule is CC1(ON)C(=O)Oc2ccccc2C1=O. The van der Waals surface area contributed by atoms with Crippen LogP contribution in [0.1, 0.15) is 17.3 Å². The topological polar surface area (TPSA) is 78.6 Å². The van der Waals surface area contributed by atoms with Crippen molar-refractivity contribution in [2.45, 2.75) is 12.5 Å². The number of para-hydroxylation sites is 1. The molecule has 1 heterocycles. The van der Waals surface area contributed by atoms with E-state index in [1.165, 1.54) is 6.92 Å². The zero-order valence-corrected chi connectivity index (χ0v) is 8.02. The fourth-order valence-electron chi connectivity index (χ4n) is 1.39. The third-order valence-corrected chi connectivity index (χ3v) is 2.39. The molecule has 5 nitrogen and oxygen atoms in total. The summed E-state index contributed by atoms with van der Waals surface area (Å²) in [5.41, 5.74) is -1.45. The number of hydrogen-bond donors (Lipinski definition) is 1. The van der Waals surface area contributed by atoms with Crippen molar-refractivity contribution >= 4 is 11.8 Å². The molecule has 1 aromatic rings. The fourth-order valence-corrected chi connectivity index (χ4v) is 1.39. The van der Waals surface area contributed by atoms with E-state index < -0.39 is 17.4 Å². The van der Waals surface area contributed by atoms with Gasteiger partial charge in [0.25, 0.3) is 0 Å². The summed E-state index contributed by atoms with van der Waals surface area (Å²) in [6.07, 6.45) is 0. The zero-order chi connectivity index (χ0) is 11.1.